The zero-order valence-electron chi connectivity index (χ0n) is 10.1. The Kier molecular flexibility index (Phi) is 3.99. The quantitative estimate of drug-likeness (QED) is 0.885. The molecule has 5 nitrogen and oxygen atoms in total. The summed E-state index contributed by atoms with van der Waals surface area (Å²) in [6.45, 7) is 0.0294. The highest BCUT2D eigenvalue weighted by atomic mass is 32.1. The van der Waals surface area contributed by atoms with Crippen LogP contribution in [0, 0.1) is 5.82 Å². The minimum atomic E-state index is -1.02. The Balaban J connectivity index is 2.16. The van der Waals surface area contributed by atoms with Crippen molar-refractivity contribution >= 4 is 23.2 Å². The summed E-state index contributed by atoms with van der Waals surface area (Å²) in [5.74, 6) is -2.67. The number of aromatic carboxylic acids is 1. The number of nitrogens with two attached hydrogens (primary N) is 1. The molecule has 0 spiro atoms. The molecule has 1 aromatic heterocycles. The second-order valence-corrected chi connectivity index (χ2v) is 5.01. The number of carbonyl (C=O) groups is 2. The third kappa shape index (κ3) is 2.94. The van der Waals surface area contributed by atoms with Crippen molar-refractivity contribution in [2.24, 2.45) is 5.73 Å². The maximum Gasteiger partial charge on any atom is 0.345 e. The Labute approximate surface area is 117 Å². The summed E-state index contributed by atoms with van der Waals surface area (Å²) < 4.78 is 18.8. The first-order valence-electron chi connectivity index (χ1n) is 5.52. The van der Waals surface area contributed by atoms with E-state index in [1.165, 1.54) is 18.2 Å². The third-order valence-corrected chi connectivity index (χ3v) is 3.51. The lowest BCUT2D eigenvalue weighted by atomic mass is 10.2. The summed E-state index contributed by atoms with van der Waals surface area (Å²) in [5, 5.41) is 8.80. The predicted molar refractivity (Wildman–Crippen MR) is 70.5 cm³/mol. The van der Waals surface area contributed by atoms with Gasteiger partial charge in [0.2, 0.25) is 0 Å². The number of hydrogen-bond donors (Lipinski definition) is 2. The smallest absolute Gasteiger partial charge is 0.345 e. The van der Waals surface area contributed by atoms with Gasteiger partial charge in [0.1, 0.15) is 28.6 Å². The fourth-order valence-corrected chi connectivity index (χ4v) is 2.34. The van der Waals surface area contributed by atoms with E-state index >= 15 is 0 Å². The van der Waals surface area contributed by atoms with Crippen molar-refractivity contribution in [2.45, 2.75) is 6.61 Å². The first-order chi connectivity index (χ1) is 9.49. The van der Waals surface area contributed by atoms with Gasteiger partial charge >= 0.3 is 5.97 Å². The zero-order valence-corrected chi connectivity index (χ0v) is 10.9. The van der Waals surface area contributed by atoms with Gasteiger partial charge in [-0.1, -0.05) is 6.07 Å². The van der Waals surface area contributed by atoms with Gasteiger partial charge in [0.15, 0.2) is 0 Å². The van der Waals surface area contributed by atoms with Crippen LogP contribution in [-0.2, 0) is 6.61 Å². The van der Waals surface area contributed by atoms with Gasteiger partial charge < -0.3 is 15.6 Å². The normalized spacial score (nSPS) is 10.2. The van der Waals surface area contributed by atoms with Gasteiger partial charge in [-0.2, -0.15) is 0 Å². The molecule has 1 amide bonds. The molecule has 0 bridgehead atoms. The van der Waals surface area contributed by atoms with Gasteiger partial charge in [0.25, 0.3) is 5.91 Å². The highest BCUT2D eigenvalue weighted by Crippen LogP contribution is 2.24. The number of rotatable bonds is 5. The number of amides is 1. The van der Waals surface area contributed by atoms with Crippen LogP contribution in [0.1, 0.15) is 24.9 Å². The lowest BCUT2D eigenvalue weighted by molar-refractivity contribution is 0.0702. The number of primary amides is 1. The fraction of sp³-hybridized carbons (Fsp3) is 0.0769. The maximum absolute atomic E-state index is 13.5. The molecule has 0 saturated carbocycles. The lowest BCUT2D eigenvalue weighted by Crippen LogP contribution is -2.15. The minimum absolute atomic E-state index is 0.0294. The van der Waals surface area contributed by atoms with Gasteiger partial charge in [0.05, 0.1) is 0 Å². The van der Waals surface area contributed by atoms with Crippen LogP contribution in [0.3, 0.4) is 0 Å². The predicted octanol–water partition coefficient (Wildman–Crippen LogP) is 2.26. The number of hydrogen-bond acceptors (Lipinski definition) is 4. The highest BCUT2D eigenvalue weighted by Gasteiger charge is 2.15. The summed E-state index contributed by atoms with van der Waals surface area (Å²) in [6, 6.07) is 6.98. The molecule has 2 rings (SSSR count). The molecule has 0 aliphatic heterocycles. The first-order valence-corrected chi connectivity index (χ1v) is 6.34. The van der Waals surface area contributed by atoms with Gasteiger partial charge in [0, 0.05) is 4.88 Å². The molecule has 0 aliphatic carbocycles. The average Bonchev–Trinajstić information content (AvgIpc) is 2.84. The van der Waals surface area contributed by atoms with E-state index in [2.05, 4.69) is 0 Å². The van der Waals surface area contributed by atoms with E-state index in [0.717, 1.165) is 17.4 Å². The van der Waals surface area contributed by atoms with E-state index in [4.69, 9.17) is 15.6 Å². The molecule has 0 radical (unpaired) electrons. The summed E-state index contributed by atoms with van der Waals surface area (Å²) in [5.41, 5.74) is 4.78. The van der Waals surface area contributed by atoms with Crippen LogP contribution in [0.25, 0.3) is 0 Å². The van der Waals surface area contributed by atoms with E-state index < -0.39 is 17.7 Å². The van der Waals surface area contributed by atoms with E-state index in [1.807, 2.05) is 0 Å². The number of thiophene rings is 1. The molecule has 1 heterocycles. The molecule has 0 saturated heterocycles. The molecule has 1 aromatic carbocycles. The standard InChI is InChI=1S/C13H10FNO4S/c14-8-2-1-3-9(11(8)12(15)16)19-6-7-4-5-10(20-7)13(17)18/h1-5H,6H2,(H2,15,16)(H,17,18). The number of carboxylic acid groups (broad SMARTS) is 1. The van der Waals surface area contributed by atoms with Crippen molar-refractivity contribution in [3.8, 4) is 5.75 Å². The van der Waals surface area contributed by atoms with Crippen LogP contribution in [0.15, 0.2) is 30.3 Å². The molecule has 0 unspecified atom stereocenters. The molecule has 104 valence electrons. The minimum Gasteiger partial charge on any atom is -0.487 e. The summed E-state index contributed by atoms with van der Waals surface area (Å²) in [6.07, 6.45) is 0. The Hall–Kier alpha value is -2.41. The van der Waals surface area contributed by atoms with Crippen LogP contribution in [0.2, 0.25) is 0 Å². The Bertz CT molecular complexity index is 668. The molecular formula is C13H10FNO4S. The van der Waals surface area contributed by atoms with Crippen molar-refractivity contribution < 1.29 is 23.8 Å². The van der Waals surface area contributed by atoms with Gasteiger partial charge in [-0.25, -0.2) is 9.18 Å². The Morgan fingerprint density at radius 3 is 2.65 bits per heavy atom. The topological polar surface area (TPSA) is 89.6 Å². The number of carbonyl (C=O) groups excluding carboxylic acids is 1. The van der Waals surface area contributed by atoms with Crippen LogP contribution in [-0.4, -0.2) is 17.0 Å². The van der Waals surface area contributed by atoms with E-state index in [1.54, 1.807) is 6.07 Å². The molecule has 20 heavy (non-hydrogen) atoms. The first kappa shape index (κ1) is 14.0. The van der Waals surface area contributed by atoms with Gasteiger partial charge in [-0.15, -0.1) is 11.3 Å². The fourth-order valence-electron chi connectivity index (χ4n) is 1.58. The third-order valence-electron chi connectivity index (χ3n) is 2.46. The number of carboxylic acids is 1. The second kappa shape index (κ2) is 5.70. The monoisotopic (exact) mass is 295 g/mol. The Morgan fingerprint density at radius 2 is 2.05 bits per heavy atom. The lowest BCUT2D eigenvalue weighted by Gasteiger charge is -2.09. The van der Waals surface area contributed by atoms with Crippen molar-refractivity contribution in [1.29, 1.82) is 0 Å². The SMILES string of the molecule is NC(=O)c1c(F)cccc1OCc1ccc(C(=O)O)s1. The van der Waals surface area contributed by atoms with Crippen LogP contribution in [0.4, 0.5) is 4.39 Å². The van der Waals surface area contributed by atoms with Crippen molar-refractivity contribution in [3.63, 3.8) is 0 Å². The van der Waals surface area contributed by atoms with Gasteiger partial charge in [-0.05, 0) is 24.3 Å². The Morgan fingerprint density at radius 1 is 1.30 bits per heavy atom. The summed E-state index contributed by atoms with van der Waals surface area (Å²) in [4.78, 5) is 22.7. The van der Waals surface area contributed by atoms with Crippen LogP contribution >= 0.6 is 11.3 Å². The van der Waals surface area contributed by atoms with Crippen molar-refractivity contribution in [1.82, 2.24) is 0 Å². The molecular weight excluding hydrogens is 285 g/mol. The number of ether oxygens (including phenoxy) is 1. The molecule has 3 N–H and O–H groups in total. The zero-order chi connectivity index (χ0) is 14.7. The second-order valence-electron chi connectivity index (χ2n) is 3.84. The van der Waals surface area contributed by atoms with Crippen molar-refractivity contribution in [2.75, 3.05) is 0 Å². The summed E-state index contributed by atoms with van der Waals surface area (Å²) in [7, 11) is 0. The largest absolute Gasteiger partial charge is 0.487 e. The molecule has 0 fully saturated rings. The van der Waals surface area contributed by atoms with E-state index in [-0.39, 0.29) is 22.8 Å². The molecule has 7 heteroatoms. The molecule has 0 atom stereocenters. The average molecular weight is 295 g/mol. The van der Waals surface area contributed by atoms with Gasteiger partial charge in [-0.3, -0.25) is 4.79 Å². The highest BCUT2D eigenvalue weighted by molar-refractivity contribution is 7.13. The van der Waals surface area contributed by atoms with Crippen LogP contribution in [0.5, 0.6) is 5.75 Å². The number of halogens is 1. The van der Waals surface area contributed by atoms with E-state index in [0.29, 0.717) is 4.88 Å². The van der Waals surface area contributed by atoms with Crippen molar-refractivity contribution in [3.05, 3.63) is 51.5 Å². The van der Waals surface area contributed by atoms with E-state index in [9.17, 15) is 14.0 Å². The molecule has 2 aromatic rings. The molecule has 0 aliphatic rings. The van der Waals surface area contributed by atoms with Crippen LogP contribution < -0.4 is 10.5 Å². The maximum atomic E-state index is 13.5. The summed E-state index contributed by atoms with van der Waals surface area (Å²) >= 11 is 1.04. The number of benzene rings is 1.